The Labute approximate surface area is 105 Å². The molecule has 5 heteroatoms. The van der Waals surface area contributed by atoms with Crippen LogP contribution >= 0.6 is 0 Å². The van der Waals surface area contributed by atoms with Crippen molar-refractivity contribution in [1.82, 2.24) is 0 Å². The van der Waals surface area contributed by atoms with E-state index in [9.17, 15) is 4.79 Å². The maximum atomic E-state index is 10.6. The molecule has 0 bridgehead atoms. The van der Waals surface area contributed by atoms with Crippen molar-refractivity contribution in [3.8, 4) is 0 Å². The number of esters is 1. The normalized spacial score (nSPS) is 24.6. The summed E-state index contributed by atoms with van der Waals surface area (Å²) in [5.41, 5.74) is 0. The van der Waals surface area contributed by atoms with Gasteiger partial charge in [-0.2, -0.15) is 0 Å². The summed E-state index contributed by atoms with van der Waals surface area (Å²) in [6.07, 6.45) is 0.132. The molecule has 1 heterocycles. The second kappa shape index (κ2) is 5.08. The van der Waals surface area contributed by atoms with Crippen molar-refractivity contribution in [1.29, 1.82) is 0 Å². The zero-order valence-corrected chi connectivity index (χ0v) is 12.7. The van der Waals surface area contributed by atoms with Crippen LogP contribution in [0.2, 0.25) is 18.1 Å². The average Bonchev–Trinajstić information content (AvgIpc) is 2.88. The van der Waals surface area contributed by atoms with Crippen molar-refractivity contribution in [2.75, 3.05) is 13.2 Å². The quantitative estimate of drug-likeness (QED) is 0.432. The fourth-order valence-corrected chi connectivity index (χ4v) is 2.19. The first-order valence-electron chi connectivity index (χ1n) is 6.06. The minimum Gasteiger partial charge on any atom is -0.463 e. The molecule has 2 atom stereocenters. The summed E-state index contributed by atoms with van der Waals surface area (Å²) in [7, 11) is -1.69. The van der Waals surface area contributed by atoms with Crippen molar-refractivity contribution in [3.63, 3.8) is 0 Å². The van der Waals surface area contributed by atoms with Gasteiger partial charge in [0, 0.05) is 6.92 Å². The minimum absolute atomic E-state index is 0.0312. The molecule has 0 saturated carbocycles. The molecule has 1 fully saturated rings. The molecule has 0 aromatic heterocycles. The van der Waals surface area contributed by atoms with E-state index in [2.05, 4.69) is 33.9 Å². The molecule has 0 aromatic carbocycles. The third kappa shape index (κ3) is 4.41. The summed E-state index contributed by atoms with van der Waals surface area (Å²) in [5, 5.41) is 0.216. The third-order valence-electron chi connectivity index (χ3n) is 3.55. The molecule has 4 nitrogen and oxygen atoms in total. The molecule has 0 spiro atoms. The monoisotopic (exact) mass is 260 g/mol. The lowest BCUT2D eigenvalue weighted by Gasteiger charge is -2.35. The van der Waals surface area contributed by atoms with Crippen LogP contribution in [0.4, 0.5) is 0 Å². The lowest BCUT2D eigenvalue weighted by Crippen LogP contribution is -2.41. The molecule has 1 rings (SSSR count). The van der Waals surface area contributed by atoms with Gasteiger partial charge in [-0.25, -0.2) is 0 Å². The fourth-order valence-electron chi connectivity index (χ4n) is 1.18. The van der Waals surface area contributed by atoms with E-state index in [1.165, 1.54) is 6.92 Å². The van der Waals surface area contributed by atoms with E-state index < -0.39 is 8.32 Å². The minimum atomic E-state index is -1.69. The van der Waals surface area contributed by atoms with Crippen molar-refractivity contribution < 1.29 is 18.7 Å². The molecule has 17 heavy (non-hydrogen) atoms. The molecule has 0 aromatic rings. The van der Waals surface area contributed by atoms with Crippen molar-refractivity contribution in [2.24, 2.45) is 0 Å². The van der Waals surface area contributed by atoms with Crippen LogP contribution in [0, 0.1) is 0 Å². The number of carbonyl (C=O) groups is 1. The number of epoxide rings is 1. The highest BCUT2D eigenvalue weighted by Gasteiger charge is 2.43. The Kier molecular flexibility index (Phi) is 4.38. The van der Waals surface area contributed by atoms with E-state index in [0.717, 1.165) is 0 Å². The molecule has 1 aliphatic rings. The van der Waals surface area contributed by atoms with Gasteiger partial charge in [-0.1, -0.05) is 20.8 Å². The number of hydrogen-bond acceptors (Lipinski definition) is 4. The Morgan fingerprint density at radius 2 is 1.76 bits per heavy atom. The van der Waals surface area contributed by atoms with E-state index >= 15 is 0 Å². The van der Waals surface area contributed by atoms with Gasteiger partial charge in [-0.3, -0.25) is 4.79 Å². The smallest absolute Gasteiger partial charge is 0.302 e. The number of hydrogen-bond donors (Lipinski definition) is 0. The van der Waals surface area contributed by atoms with Crippen LogP contribution in [-0.2, 0) is 18.7 Å². The highest BCUT2D eigenvalue weighted by atomic mass is 28.4. The standard InChI is InChI=1S/C12H24O4Si/c1-9(13)14-7-10-11(16-10)8-15-17(5,6)12(2,3)4/h10-11H,7-8H2,1-6H3/t10-,11+/m0/s1. The first kappa shape index (κ1) is 14.7. The van der Waals surface area contributed by atoms with E-state index in [-0.39, 0.29) is 23.2 Å². The van der Waals surface area contributed by atoms with Gasteiger partial charge in [0.2, 0.25) is 0 Å². The predicted octanol–water partition coefficient (Wildman–Crippen LogP) is 2.34. The number of carbonyl (C=O) groups excluding carboxylic acids is 1. The fraction of sp³-hybridized carbons (Fsp3) is 0.917. The molecular formula is C12H24O4Si. The molecular weight excluding hydrogens is 236 g/mol. The Hall–Kier alpha value is -0.393. The van der Waals surface area contributed by atoms with Gasteiger partial charge in [0.15, 0.2) is 8.32 Å². The van der Waals surface area contributed by atoms with E-state index in [1.54, 1.807) is 0 Å². The van der Waals surface area contributed by atoms with Gasteiger partial charge in [-0.15, -0.1) is 0 Å². The predicted molar refractivity (Wildman–Crippen MR) is 68.4 cm³/mol. The Bertz CT molecular complexity index is 283. The molecule has 0 N–H and O–H groups in total. The third-order valence-corrected chi connectivity index (χ3v) is 8.05. The van der Waals surface area contributed by atoms with Crippen molar-refractivity contribution in [3.05, 3.63) is 0 Å². The van der Waals surface area contributed by atoms with E-state index in [0.29, 0.717) is 13.2 Å². The maximum absolute atomic E-state index is 10.6. The second-order valence-corrected chi connectivity index (χ2v) is 10.9. The van der Waals surface area contributed by atoms with Gasteiger partial charge in [0.05, 0.1) is 6.61 Å². The highest BCUT2D eigenvalue weighted by Crippen LogP contribution is 2.37. The maximum Gasteiger partial charge on any atom is 0.302 e. The summed E-state index contributed by atoms with van der Waals surface area (Å²) in [6, 6.07) is 0. The van der Waals surface area contributed by atoms with Crippen LogP contribution in [0.1, 0.15) is 27.7 Å². The molecule has 1 aliphatic heterocycles. The Morgan fingerprint density at radius 1 is 1.24 bits per heavy atom. The van der Waals surface area contributed by atoms with E-state index in [1.807, 2.05) is 0 Å². The van der Waals surface area contributed by atoms with Crippen LogP contribution in [0.5, 0.6) is 0 Å². The summed E-state index contributed by atoms with van der Waals surface area (Å²) in [6.45, 7) is 13.4. The van der Waals surface area contributed by atoms with Gasteiger partial charge >= 0.3 is 5.97 Å². The summed E-state index contributed by atoms with van der Waals surface area (Å²) in [5.74, 6) is -0.260. The zero-order chi connectivity index (χ0) is 13.3. The van der Waals surface area contributed by atoms with E-state index in [4.69, 9.17) is 13.9 Å². The summed E-state index contributed by atoms with van der Waals surface area (Å²) >= 11 is 0. The van der Waals surface area contributed by atoms with Crippen LogP contribution in [-0.4, -0.2) is 39.7 Å². The van der Waals surface area contributed by atoms with Gasteiger partial charge < -0.3 is 13.9 Å². The van der Waals surface area contributed by atoms with Gasteiger partial charge in [0.1, 0.15) is 18.8 Å². The van der Waals surface area contributed by atoms with Crippen LogP contribution in [0.25, 0.3) is 0 Å². The molecule has 0 unspecified atom stereocenters. The first-order valence-corrected chi connectivity index (χ1v) is 8.97. The second-order valence-electron chi connectivity index (χ2n) is 6.09. The zero-order valence-electron chi connectivity index (χ0n) is 11.7. The Balaban J connectivity index is 2.24. The van der Waals surface area contributed by atoms with Crippen LogP contribution < -0.4 is 0 Å². The molecule has 100 valence electrons. The molecule has 0 amide bonds. The molecule has 1 saturated heterocycles. The van der Waals surface area contributed by atoms with Crippen molar-refractivity contribution >= 4 is 14.3 Å². The molecule has 0 aliphatic carbocycles. The number of rotatable bonds is 5. The topological polar surface area (TPSA) is 48.1 Å². The first-order chi connectivity index (χ1) is 7.63. The Morgan fingerprint density at radius 3 is 2.24 bits per heavy atom. The largest absolute Gasteiger partial charge is 0.463 e. The lowest BCUT2D eigenvalue weighted by molar-refractivity contribution is -0.141. The SMILES string of the molecule is CC(=O)OC[C@@H]1O[C@@H]1CO[Si](C)(C)C(C)(C)C. The molecule has 0 radical (unpaired) electrons. The van der Waals surface area contributed by atoms with Gasteiger partial charge in [-0.05, 0) is 18.1 Å². The summed E-state index contributed by atoms with van der Waals surface area (Å²) < 4.78 is 16.3. The van der Waals surface area contributed by atoms with Crippen molar-refractivity contribution in [2.45, 2.75) is 58.0 Å². The van der Waals surface area contributed by atoms with Crippen LogP contribution in [0.15, 0.2) is 0 Å². The summed E-state index contributed by atoms with van der Waals surface area (Å²) in [4.78, 5) is 10.6. The highest BCUT2D eigenvalue weighted by molar-refractivity contribution is 6.74. The number of ether oxygens (including phenoxy) is 2. The van der Waals surface area contributed by atoms with Crippen LogP contribution in [0.3, 0.4) is 0 Å². The lowest BCUT2D eigenvalue weighted by atomic mass is 10.2. The van der Waals surface area contributed by atoms with Gasteiger partial charge in [0.25, 0.3) is 0 Å². The average molecular weight is 260 g/mol.